The maximum Gasteiger partial charge on any atom is 0.320 e. The third kappa shape index (κ3) is 8.19. The van der Waals surface area contributed by atoms with E-state index in [-0.39, 0.29) is 11.8 Å². The van der Waals surface area contributed by atoms with Gasteiger partial charge in [-0.1, -0.05) is 27.7 Å². The molecule has 6 N–H and O–H groups in total. The van der Waals surface area contributed by atoms with Crippen molar-refractivity contribution in [1.29, 1.82) is 0 Å². The van der Waals surface area contributed by atoms with E-state index in [1.54, 1.807) is 27.7 Å². The highest BCUT2D eigenvalue weighted by Gasteiger charge is 2.14. The minimum absolute atomic E-state index is 0.0208. The number of carboxylic acid groups (broad SMARTS) is 2. The van der Waals surface area contributed by atoms with Gasteiger partial charge in [0.2, 0.25) is 0 Å². The zero-order valence-electron chi connectivity index (χ0n) is 10.2. The molecule has 0 spiro atoms. The highest BCUT2D eigenvalue weighted by Crippen LogP contribution is 1.96. The van der Waals surface area contributed by atoms with Crippen LogP contribution in [-0.4, -0.2) is 34.2 Å². The first kappa shape index (κ1) is 17.3. The Balaban J connectivity index is 0. The molecule has 0 bridgehead atoms. The normalized spacial score (nSPS) is 14.0. The average Bonchev–Trinajstić information content (AvgIpc) is 2.15. The SMILES string of the molecule is CC(C)C(N)C(=O)O.CC(C)C(N)C(=O)O. The first-order valence-corrected chi connectivity index (χ1v) is 5.08. The molecule has 0 fully saturated rings. The van der Waals surface area contributed by atoms with Gasteiger partial charge in [-0.3, -0.25) is 9.59 Å². The van der Waals surface area contributed by atoms with Crippen LogP contribution < -0.4 is 11.5 Å². The zero-order chi connectivity index (χ0) is 13.5. The van der Waals surface area contributed by atoms with Gasteiger partial charge < -0.3 is 21.7 Å². The summed E-state index contributed by atoms with van der Waals surface area (Å²) in [5.41, 5.74) is 10.3. The van der Waals surface area contributed by atoms with Crippen LogP contribution >= 0.6 is 0 Å². The lowest BCUT2D eigenvalue weighted by molar-refractivity contribution is -0.140. The second kappa shape index (κ2) is 8.06. The monoisotopic (exact) mass is 234 g/mol. The molecule has 2 unspecified atom stereocenters. The quantitative estimate of drug-likeness (QED) is 0.546. The highest BCUT2D eigenvalue weighted by atomic mass is 16.4. The summed E-state index contributed by atoms with van der Waals surface area (Å²) in [6, 6.07) is -1.43. The molecule has 0 aromatic heterocycles. The highest BCUT2D eigenvalue weighted by molar-refractivity contribution is 5.73. The smallest absolute Gasteiger partial charge is 0.320 e. The molecular weight excluding hydrogens is 212 g/mol. The third-order valence-corrected chi connectivity index (χ3v) is 2.01. The van der Waals surface area contributed by atoms with E-state index >= 15 is 0 Å². The van der Waals surface area contributed by atoms with Crippen molar-refractivity contribution in [3.63, 3.8) is 0 Å². The van der Waals surface area contributed by atoms with Crippen LogP contribution in [0.5, 0.6) is 0 Å². The Hall–Kier alpha value is -1.14. The van der Waals surface area contributed by atoms with E-state index in [1.165, 1.54) is 0 Å². The van der Waals surface area contributed by atoms with Gasteiger partial charge in [-0.05, 0) is 11.8 Å². The summed E-state index contributed by atoms with van der Waals surface area (Å²) in [7, 11) is 0. The molecule has 6 nitrogen and oxygen atoms in total. The molecule has 96 valence electrons. The van der Waals surface area contributed by atoms with Crippen molar-refractivity contribution < 1.29 is 19.8 Å². The molecule has 0 aliphatic carbocycles. The fourth-order valence-electron chi connectivity index (χ4n) is 0.570. The van der Waals surface area contributed by atoms with Crippen LogP contribution in [-0.2, 0) is 9.59 Å². The fourth-order valence-corrected chi connectivity index (χ4v) is 0.570. The number of hydrogen-bond donors (Lipinski definition) is 4. The molecule has 2 atom stereocenters. The fraction of sp³-hybridized carbons (Fsp3) is 0.800. The minimum atomic E-state index is -0.931. The number of aliphatic carboxylic acids is 2. The number of carboxylic acids is 2. The summed E-state index contributed by atoms with van der Waals surface area (Å²) in [4.78, 5) is 20.0. The van der Waals surface area contributed by atoms with Gasteiger partial charge in [-0.2, -0.15) is 0 Å². The molecule has 0 aromatic rings. The molecule has 0 aromatic carbocycles. The first-order valence-electron chi connectivity index (χ1n) is 5.08. The van der Waals surface area contributed by atoms with Crippen molar-refractivity contribution in [3.05, 3.63) is 0 Å². The Morgan fingerprint density at radius 3 is 1.00 bits per heavy atom. The molecule has 0 aliphatic rings. The molecule has 0 saturated heterocycles. The molecule has 0 rings (SSSR count). The Bertz CT molecular complexity index is 205. The standard InChI is InChI=1S/2C5H11NO2/c2*1-3(2)4(6)5(7)8/h2*3-4H,6H2,1-2H3,(H,7,8). The Kier molecular flexibility index (Phi) is 8.70. The number of rotatable bonds is 4. The first-order chi connectivity index (χ1) is 7.11. The van der Waals surface area contributed by atoms with E-state index in [0.717, 1.165) is 0 Å². The molecule has 0 saturated carbocycles. The lowest BCUT2D eigenvalue weighted by Crippen LogP contribution is -2.34. The maximum atomic E-state index is 10.0. The van der Waals surface area contributed by atoms with Crippen LogP contribution in [0, 0.1) is 11.8 Å². The molecule has 0 radical (unpaired) electrons. The third-order valence-electron chi connectivity index (χ3n) is 2.01. The van der Waals surface area contributed by atoms with Gasteiger partial charge in [-0.15, -0.1) is 0 Å². The summed E-state index contributed by atoms with van der Waals surface area (Å²) in [5.74, 6) is -1.82. The summed E-state index contributed by atoms with van der Waals surface area (Å²) < 4.78 is 0. The molecule has 0 heterocycles. The summed E-state index contributed by atoms with van der Waals surface area (Å²) in [6.07, 6.45) is 0. The van der Waals surface area contributed by atoms with Gasteiger partial charge in [0.1, 0.15) is 12.1 Å². The van der Waals surface area contributed by atoms with E-state index in [2.05, 4.69) is 0 Å². The summed E-state index contributed by atoms with van der Waals surface area (Å²) in [6.45, 7) is 7.11. The number of nitrogens with two attached hydrogens (primary N) is 2. The van der Waals surface area contributed by atoms with E-state index < -0.39 is 24.0 Å². The minimum Gasteiger partial charge on any atom is -0.480 e. The van der Waals surface area contributed by atoms with Gasteiger partial charge in [0.15, 0.2) is 0 Å². The van der Waals surface area contributed by atoms with Crippen LogP contribution in [0.4, 0.5) is 0 Å². The van der Waals surface area contributed by atoms with E-state index in [1.807, 2.05) is 0 Å². The molecule has 0 aliphatic heterocycles. The molecule has 0 amide bonds. The second-order valence-corrected chi connectivity index (χ2v) is 4.22. The number of carbonyl (C=O) groups is 2. The van der Waals surface area contributed by atoms with E-state index in [9.17, 15) is 9.59 Å². The zero-order valence-corrected chi connectivity index (χ0v) is 10.2. The number of hydrogen-bond acceptors (Lipinski definition) is 4. The van der Waals surface area contributed by atoms with Crippen molar-refractivity contribution in [2.45, 2.75) is 39.8 Å². The van der Waals surface area contributed by atoms with Gasteiger partial charge in [0.25, 0.3) is 0 Å². The van der Waals surface area contributed by atoms with Gasteiger partial charge in [0.05, 0.1) is 0 Å². The Labute approximate surface area is 95.6 Å². The predicted octanol–water partition coefficient (Wildman–Crippen LogP) is 0.109. The topological polar surface area (TPSA) is 127 Å². The largest absolute Gasteiger partial charge is 0.480 e. The van der Waals surface area contributed by atoms with E-state index in [4.69, 9.17) is 21.7 Å². The van der Waals surface area contributed by atoms with Crippen molar-refractivity contribution in [3.8, 4) is 0 Å². The summed E-state index contributed by atoms with van der Waals surface area (Å²) in [5, 5.41) is 16.5. The lowest BCUT2D eigenvalue weighted by Gasteiger charge is -2.07. The predicted molar refractivity (Wildman–Crippen MR) is 60.9 cm³/mol. The van der Waals surface area contributed by atoms with E-state index in [0.29, 0.717) is 0 Å². The van der Waals surface area contributed by atoms with Crippen molar-refractivity contribution in [2.75, 3.05) is 0 Å². The van der Waals surface area contributed by atoms with Crippen LogP contribution in [0.15, 0.2) is 0 Å². The van der Waals surface area contributed by atoms with Crippen molar-refractivity contribution in [2.24, 2.45) is 23.3 Å². The van der Waals surface area contributed by atoms with Crippen LogP contribution in [0.3, 0.4) is 0 Å². The van der Waals surface area contributed by atoms with Gasteiger partial charge in [0, 0.05) is 0 Å². The van der Waals surface area contributed by atoms with Gasteiger partial charge in [-0.25, -0.2) is 0 Å². The van der Waals surface area contributed by atoms with Crippen molar-refractivity contribution >= 4 is 11.9 Å². The lowest BCUT2D eigenvalue weighted by atomic mass is 10.1. The average molecular weight is 234 g/mol. The van der Waals surface area contributed by atoms with Crippen LogP contribution in [0.25, 0.3) is 0 Å². The Morgan fingerprint density at radius 1 is 0.812 bits per heavy atom. The van der Waals surface area contributed by atoms with Gasteiger partial charge >= 0.3 is 11.9 Å². The van der Waals surface area contributed by atoms with Crippen LogP contribution in [0.1, 0.15) is 27.7 Å². The maximum absolute atomic E-state index is 10.0. The summed E-state index contributed by atoms with van der Waals surface area (Å²) >= 11 is 0. The molecular formula is C10H22N2O4. The molecule has 16 heavy (non-hydrogen) atoms. The van der Waals surface area contributed by atoms with Crippen molar-refractivity contribution in [1.82, 2.24) is 0 Å². The molecule has 6 heteroatoms. The van der Waals surface area contributed by atoms with Crippen LogP contribution in [0.2, 0.25) is 0 Å². The Morgan fingerprint density at radius 2 is 1.00 bits per heavy atom. The second-order valence-electron chi connectivity index (χ2n) is 4.22.